The fourth-order valence-corrected chi connectivity index (χ4v) is 2.93. The van der Waals surface area contributed by atoms with Crippen LogP contribution < -0.4 is 5.73 Å². The highest BCUT2D eigenvalue weighted by Crippen LogP contribution is 2.29. The lowest BCUT2D eigenvalue weighted by Gasteiger charge is -2.09. The van der Waals surface area contributed by atoms with Crippen LogP contribution in [-0.4, -0.2) is 12.3 Å². The maximum absolute atomic E-state index is 6.15. The van der Waals surface area contributed by atoms with Crippen molar-refractivity contribution in [3.05, 3.63) is 28.8 Å². The lowest BCUT2D eigenvalue weighted by atomic mass is 10.1. The summed E-state index contributed by atoms with van der Waals surface area (Å²) in [5, 5.41) is 0.849. The Hall–Kier alpha value is -0.180. The third-order valence-electron chi connectivity index (χ3n) is 2.23. The van der Waals surface area contributed by atoms with Crippen LogP contribution in [0.15, 0.2) is 23.1 Å². The van der Waals surface area contributed by atoms with Crippen LogP contribution in [0.1, 0.15) is 25.3 Å². The van der Waals surface area contributed by atoms with Gasteiger partial charge in [-0.25, -0.2) is 0 Å². The minimum absolute atomic E-state index is 0.658. The Kier molecular flexibility index (Phi) is 6.15. The molecule has 0 saturated carbocycles. The van der Waals surface area contributed by atoms with E-state index >= 15 is 0 Å². The number of benzene rings is 1. The molecule has 15 heavy (non-hydrogen) atoms. The van der Waals surface area contributed by atoms with Crippen LogP contribution in [0.2, 0.25) is 5.02 Å². The van der Waals surface area contributed by atoms with Crippen molar-refractivity contribution in [3.8, 4) is 0 Å². The van der Waals surface area contributed by atoms with E-state index in [4.69, 9.17) is 17.3 Å². The molecule has 0 aliphatic heterocycles. The lowest BCUT2D eigenvalue weighted by molar-refractivity contribution is 0.894. The van der Waals surface area contributed by atoms with Gasteiger partial charge in [0, 0.05) is 9.92 Å². The van der Waals surface area contributed by atoms with Gasteiger partial charge in [-0.15, -0.1) is 11.8 Å². The largest absolute Gasteiger partial charge is 0.330 e. The molecule has 0 aliphatic carbocycles. The van der Waals surface area contributed by atoms with Crippen molar-refractivity contribution in [2.45, 2.75) is 31.1 Å². The zero-order chi connectivity index (χ0) is 11.1. The molecule has 1 aromatic rings. The van der Waals surface area contributed by atoms with E-state index in [0.717, 1.165) is 17.2 Å². The molecule has 0 spiro atoms. The molecule has 3 heteroatoms. The van der Waals surface area contributed by atoms with Crippen LogP contribution in [0, 0.1) is 0 Å². The van der Waals surface area contributed by atoms with Crippen LogP contribution in [-0.2, 0) is 6.42 Å². The van der Waals surface area contributed by atoms with Gasteiger partial charge in [0.05, 0.1) is 0 Å². The van der Waals surface area contributed by atoms with Gasteiger partial charge in [0.25, 0.3) is 0 Å². The number of unbranched alkanes of at least 4 members (excludes halogenated alkanes) is 1. The molecular weight excluding hydrogens is 226 g/mol. The van der Waals surface area contributed by atoms with Gasteiger partial charge in [-0.2, -0.15) is 0 Å². The molecule has 0 aliphatic rings. The summed E-state index contributed by atoms with van der Waals surface area (Å²) >= 11 is 8.04. The average molecular weight is 244 g/mol. The van der Waals surface area contributed by atoms with Gasteiger partial charge in [0.15, 0.2) is 0 Å². The molecule has 0 heterocycles. The highest BCUT2D eigenvalue weighted by molar-refractivity contribution is 7.99. The number of halogens is 1. The van der Waals surface area contributed by atoms with Crippen molar-refractivity contribution < 1.29 is 0 Å². The van der Waals surface area contributed by atoms with Gasteiger partial charge in [-0.1, -0.05) is 31.0 Å². The van der Waals surface area contributed by atoms with E-state index < -0.39 is 0 Å². The first kappa shape index (κ1) is 12.9. The summed E-state index contributed by atoms with van der Waals surface area (Å²) in [6.45, 7) is 2.87. The van der Waals surface area contributed by atoms with E-state index in [-0.39, 0.29) is 0 Å². The number of thioether (sulfide) groups is 1. The SMILES string of the molecule is CCCCSc1cccc(Cl)c1CCN. The van der Waals surface area contributed by atoms with Gasteiger partial charge in [-0.3, -0.25) is 0 Å². The van der Waals surface area contributed by atoms with E-state index in [9.17, 15) is 0 Å². The topological polar surface area (TPSA) is 26.0 Å². The second-order valence-corrected chi connectivity index (χ2v) is 5.00. The van der Waals surface area contributed by atoms with E-state index in [2.05, 4.69) is 13.0 Å². The second-order valence-electron chi connectivity index (χ2n) is 3.46. The quantitative estimate of drug-likeness (QED) is 0.609. The van der Waals surface area contributed by atoms with Crippen LogP contribution in [0.3, 0.4) is 0 Å². The van der Waals surface area contributed by atoms with Gasteiger partial charge in [0.2, 0.25) is 0 Å². The van der Waals surface area contributed by atoms with Gasteiger partial charge < -0.3 is 5.73 Å². The average Bonchev–Trinajstić information content (AvgIpc) is 2.23. The highest BCUT2D eigenvalue weighted by Gasteiger charge is 2.06. The Morgan fingerprint density at radius 2 is 2.20 bits per heavy atom. The molecule has 0 fully saturated rings. The predicted octanol–water partition coefficient (Wildman–Crippen LogP) is 3.73. The molecule has 0 bridgehead atoms. The second kappa shape index (κ2) is 7.15. The summed E-state index contributed by atoms with van der Waals surface area (Å²) in [6, 6.07) is 6.09. The van der Waals surface area contributed by atoms with Crippen molar-refractivity contribution in [1.82, 2.24) is 0 Å². The Morgan fingerprint density at radius 1 is 1.40 bits per heavy atom. The standard InChI is InChI=1S/C12H18ClNS/c1-2-3-9-15-12-6-4-5-11(13)10(12)7-8-14/h4-6H,2-3,7-9,14H2,1H3. The minimum Gasteiger partial charge on any atom is -0.330 e. The van der Waals surface area contributed by atoms with Crippen molar-refractivity contribution in [2.75, 3.05) is 12.3 Å². The summed E-state index contributed by atoms with van der Waals surface area (Å²) in [6.07, 6.45) is 3.35. The van der Waals surface area contributed by atoms with Crippen molar-refractivity contribution >= 4 is 23.4 Å². The van der Waals surface area contributed by atoms with Crippen molar-refractivity contribution in [1.29, 1.82) is 0 Å². The molecule has 0 aromatic heterocycles. The first-order valence-corrected chi connectivity index (χ1v) is 6.76. The van der Waals surface area contributed by atoms with E-state index in [1.807, 2.05) is 23.9 Å². The summed E-state index contributed by atoms with van der Waals surface area (Å²) in [5.74, 6) is 1.16. The van der Waals surface area contributed by atoms with Crippen molar-refractivity contribution in [2.24, 2.45) is 5.73 Å². The fourth-order valence-electron chi connectivity index (χ4n) is 1.39. The third-order valence-corrected chi connectivity index (χ3v) is 3.77. The molecule has 84 valence electrons. The van der Waals surface area contributed by atoms with Gasteiger partial charge >= 0.3 is 0 Å². The van der Waals surface area contributed by atoms with Crippen LogP contribution in [0.4, 0.5) is 0 Å². The molecule has 1 rings (SSSR count). The van der Waals surface area contributed by atoms with Gasteiger partial charge in [0.1, 0.15) is 0 Å². The molecule has 1 aromatic carbocycles. The zero-order valence-electron chi connectivity index (χ0n) is 9.13. The van der Waals surface area contributed by atoms with Crippen LogP contribution in [0.25, 0.3) is 0 Å². The molecular formula is C12H18ClNS. The maximum Gasteiger partial charge on any atom is 0.0449 e. The molecule has 1 nitrogen and oxygen atoms in total. The smallest absolute Gasteiger partial charge is 0.0449 e. The Labute approximate surface area is 101 Å². The van der Waals surface area contributed by atoms with E-state index in [1.54, 1.807) is 0 Å². The minimum atomic E-state index is 0.658. The normalized spacial score (nSPS) is 10.6. The molecule has 0 amide bonds. The lowest BCUT2D eigenvalue weighted by Crippen LogP contribution is -2.04. The number of hydrogen-bond acceptors (Lipinski definition) is 2. The van der Waals surface area contributed by atoms with E-state index in [0.29, 0.717) is 6.54 Å². The molecule has 0 saturated heterocycles. The summed E-state index contributed by atoms with van der Waals surface area (Å²) in [5.41, 5.74) is 6.80. The maximum atomic E-state index is 6.15. The molecule has 0 atom stereocenters. The number of nitrogens with two attached hydrogens (primary N) is 1. The van der Waals surface area contributed by atoms with Crippen LogP contribution >= 0.6 is 23.4 Å². The summed E-state index contributed by atoms with van der Waals surface area (Å²) in [7, 11) is 0. The molecule has 2 N–H and O–H groups in total. The zero-order valence-corrected chi connectivity index (χ0v) is 10.7. The summed E-state index contributed by atoms with van der Waals surface area (Å²) in [4.78, 5) is 1.29. The first-order chi connectivity index (χ1) is 7.29. The number of hydrogen-bond donors (Lipinski definition) is 1. The first-order valence-electron chi connectivity index (χ1n) is 5.39. The molecule has 0 unspecified atom stereocenters. The van der Waals surface area contributed by atoms with Gasteiger partial charge in [-0.05, 0) is 42.8 Å². The Balaban J connectivity index is 2.71. The Morgan fingerprint density at radius 3 is 2.87 bits per heavy atom. The van der Waals surface area contributed by atoms with Crippen LogP contribution in [0.5, 0.6) is 0 Å². The monoisotopic (exact) mass is 243 g/mol. The Bertz CT molecular complexity index is 302. The van der Waals surface area contributed by atoms with E-state index in [1.165, 1.54) is 23.3 Å². The fraction of sp³-hybridized carbons (Fsp3) is 0.500. The molecule has 0 radical (unpaired) electrons. The third kappa shape index (κ3) is 4.06. The predicted molar refractivity (Wildman–Crippen MR) is 69.8 cm³/mol. The highest BCUT2D eigenvalue weighted by atomic mass is 35.5. The summed E-state index contributed by atoms with van der Waals surface area (Å²) < 4.78 is 0. The number of rotatable bonds is 6. The van der Waals surface area contributed by atoms with Crippen molar-refractivity contribution in [3.63, 3.8) is 0 Å².